The van der Waals surface area contributed by atoms with Gasteiger partial charge in [-0.15, -0.1) is 0 Å². The molecule has 0 spiro atoms. The van der Waals surface area contributed by atoms with Crippen molar-refractivity contribution in [2.75, 3.05) is 26.2 Å². The van der Waals surface area contributed by atoms with Gasteiger partial charge in [0.05, 0.1) is 0 Å². The van der Waals surface area contributed by atoms with Crippen molar-refractivity contribution in [3.63, 3.8) is 0 Å². The first-order valence-corrected chi connectivity index (χ1v) is 11.1. The van der Waals surface area contributed by atoms with Crippen molar-refractivity contribution in [2.45, 2.75) is 51.7 Å². The van der Waals surface area contributed by atoms with E-state index in [9.17, 15) is 4.79 Å². The largest absolute Gasteiger partial charge is 0.481 e. The summed E-state index contributed by atoms with van der Waals surface area (Å²) < 4.78 is 6.16. The Balaban J connectivity index is 1.32. The maximum atomic E-state index is 13.1. The highest BCUT2D eigenvalue weighted by Gasteiger charge is 2.28. The minimum absolute atomic E-state index is 0.129. The van der Waals surface area contributed by atoms with Crippen molar-refractivity contribution in [1.29, 1.82) is 0 Å². The van der Waals surface area contributed by atoms with Gasteiger partial charge in [-0.05, 0) is 60.9 Å². The van der Waals surface area contributed by atoms with Gasteiger partial charge in [-0.25, -0.2) is 0 Å². The van der Waals surface area contributed by atoms with Gasteiger partial charge in [0.1, 0.15) is 5.75 Å². The number of carbonyl (C=O) groups excluding carboxylic acids is 1. The van der Waals surface area contributed by atoms with Crippen molar-refractivity contribution in [3.05, 3.63) is 65.2 Å². The molecule has 0 aromatic heterocycles. The summed E-state index contributed by atoms with van der Waals surface area (Å²) in [6.45, 7) is 6.36. The van der Waals surface area contributed by atoms with E-state index in [1.165, 1.54) is 36.0 Å². The standard InChI is InChI=1S/C25H32N2O2/c1-2-24(29-23-13-12-21-10-6-7-11-22(21)18-23)25(28)27-16-14-26(15-17-27)19-20-8-4-3-5-9-20/h3-5,8-9,12-13,18,24H,2,6-7,10-11,14-17,19H2,1H3. The van der Waals surface area contributed by atoms with Crippen LogP contribution in [0.15, 0.2) is 48.5 Å². The molecule has 1 saturated heterocycles. The van der Waals surface area contributed by atoms with Crippen LogP contribution in [0.2, 0.25) is 0 Å². The lowest BCUT2D eigenvalue weighted by Crippen LogP contribution is -2.52. The lowest BCUT2D eigenvalue weighted by Gasteiger charge is -2.36. The number of hydrogen-bond donors (Lipinski definition) is 0. The zero-order valence-electron chi connectivity index (χ0n) is 17.5. The maximum Gasteiger partial charge on any atom is 0.263 e. The number of amides is 1. The lowest BCUT2D eigenvalue weighted by molar-refractivity contribution is -0.140. The molecule has 0 bridgehead atoms. The molecule has 1 unspecified atom stereocenters. The molecule has 1 heterocycles. The van der Waals surface area contributed by atoms with Crippen molar-refractivity contribution < 1.29 is 9.53 Å². The van der Waals surface area contributed by atoms with E-state index < -0.39 is 6.10 Å². The normalized spacial score (nSPS) is 18.2. The van der Waals surface area contributed by atoms with Crippen LogP contribution in [0, 0.1) is 0 Å². The topological polar surface area (TPSA) is 32.8 Å². The fourth-order valence-corrected chi connectivity index (χ4v) is 4.43. The number of rotatable bonds is 6. The third-order valence-corrected chi connectivity index (χ3v) is 6.18. The van der Waals surface area contributed by atoms with Crippen LogP contribution in [0.1, 0.15) is 42.9 Å². The van der Waals surface area contributed by atoms with Gasteiger partial charge in [0.25, 0.3) is 5.91 Å². The molecule has 29 heavy (non-hydrogen) atoms. The Kier molecular flexibility index (Phi) is 6.50. The molecule has 1 aliphatic carbocycles. The molecular formula is C25H32N2O2. The Labute approximate surface area is 174 Å². The molecule has 2 aliphatic rings. The Morgan fingerprint density at radius 3 is 2.41 bits per heavy atom. The first kappa shape index (κ1) is 20.0. The van der Waals surface area contributed by atoms with Crippen LogP contribution in [0.25, 0.3) is 0 Å². The van der Waals surface area contributed by atoms with Gasteiger partial charge >= 0.3 is 0 Å². The van der Waals surface area contributed by atoms with E-state index in [1.807, 2.05) is 24.0 Å². The number of nitrogens with zero attached hydrogens (tertiary/aromatic N) is 2. The highest BCUT2D eigenvalue weighted by molar-refractivity contribution is 5.81. The number of ether oxygens (including phenoxy) is 1. The van der Waals surface area contributed by atoms with Crippen LogP contribution in [-0.2, 0) is 24.2 Å². The summed E-state index contributed by atoms with van der Waals surface area (Å²) in [6, 6.07) is 16.9. The van der Waals surface area contributed by atoms with E-state index in [0.29, 0.717) is 6.42 Å². The highest BCUT2D eigenvalue weighted by atomic mass is 16.5. The lowest BCUT2D eigenvalue weighted by atomic mass is 9.92. The summed E-state index contributed by atoms with van der Waals surface area (Å²) >= 11 is 0. The summed E-state index contributed by atoms with van der Waals surface area (Å²) in [6.07, 6.45) is 5.12. The second-order valence-corrected chi connectivity index (χ2v) is 8.24. The van der Waals surface area contributed by atoms with Gasteiger partial charge < -0.3 is 9.64 Å². The Bertz CT molecular complexity index is 813. The molecule has 154 valence electrons. The SMILES string of the molecule is CCC(Oc1ccc2c(c1)CCCC2)C(=O)N1CCN(Cc2ccccc2)CC1. The summed E-state index contributed by atoms with van der Waals surface area (Å²) in [4.78, 5) is 17.5. The van der Waals surface area contributed by atoms with Crippen molar-refractivity contribution in [1.82, 2.24) is 9.80 Å². The number of piperazine rings is 1. The molecule has 1 atom stereocenters. The molecule has 2 aromatic rings. The average Bonchev–Trinajstić information content (AvgIpc) is 2.78. The summed E-state index contributed by atoms with van der Waals surface area (Å²) in [5.41, 5.74) is 4.16. The van der Waals surface area contributed by atoms with Crippen LogP contribution in [-0.4, -0.2) is 48.0 Å². The average molecular weight is 393 g/mol. The van der Waals surface area contributed by atoms with Crippen molar-refractivity contribution in [3.8, 4) is 5.75 Å². The third-order valence-electron chi connectivity index (χ3n) is 6.18. The first-order valence-electron chi connectivity index (χ1n) is 11.1. The number of aryl methyl sites for hydroxylation is 2. The van der Waals surface area contributed by atoms with Crippen LogP contribution in [0.4, 0.5) is 0 Å². The summed E-state index contributed by atoms with van der Waals surface area (Å²) in [5.74, 6) is 0.971. The third kappa shape index (κ3) is 4.99. The quantitative estimate of drug-likeness (QED) is 0.743. The zero-order valence-corrected chi connectivity index (χ0v) is 17.5. The second-order valence-electron chi connectivity index (χ2n) is 8.24. The minimum Gasteiger partial charge on any atom is -0.481 e. The molecule has 0 N–H and O–H groups in total. The van der Waals surface area contributed by atoms with Crippen molar-refractivity contribution in [2.24, 2.45) is 0 Å². The number of carbonyl (C=O) groups is 1. The molecular weight excluding hydrogens is 360 g/mol. The maximum absolute atomic E-state index is 13.1. The van der Waals surface area contributed by atoms with E-state index in [1.54, 1.807) is 0 Å². The number of fused-ring (bicyclic) bond motifs is 1. The fourth-order valence-electron chi connectivity index (χ4n) is 4.43. The smallest absolute Gasteiger partial charge is 0.263 e. The van der Waals surface area contributed by atoms with Gasteiger partial charge in [-0.2, -0.15) is 0 Å². The molecule has 4 rings (SSSR count). The molecule has 0 radical (unpaired) electrons. The number of benzene rings is 2. The molecule has 4 heteroatoms. The van der Waals surface area contributed by atoms with Gasteiger partial charge in [-0.3, -0.25) is 9.69 Å². The highest BCUT2D eigenvalue weighted by Crippen LogP contribution is 2.26. The van der Waals surface area contributed by atoms with Crippen LogP contribution in [0.3, 0.4) is 0 Å². The monoisotopic (exact) mass is 392 g/mol. The van der Waals surface area contributed by atoms with Crippen LogP contribution in [0.5, 0.6) is 5.75 Å². The minimum atomic E-state index is -0.391. The molecule has 2 aromatic carbocycles. The zero-order chi connectivity index (χ0) is 20.1. The predicted octanol–water partition coefficient (Wildman–Crippen LogP) is 4.07. The van der Waals surface area contributed by atoms with E-state index in [4.69, 9.17) is 4.74 Å². The van der Waals surface area contributed by atoms with Gasteiger partial charge in [0, 0.05) is 32.7 Å². The molecule has 0 saturated carbocycles. The van der Waals surface area contributed by atoms with Crippen molar-refractivity contribution >= 4 is 5.91 Å². The molecule has 1 amide bonds. The van der Waals surface area contributed by atoms with Crippen LogP contribution >= 0.6 is 0 Å². The van der Waals surface area contributed by atoms with E-state index in [2.05, 4.69) is 41.3 Å². The summed E-state index contributed by atoms with van der Waals surface area (Å²) in [5, 5.41) is 0. The Morgan fingerprint density at radius 2 is 1.69 bits per heavy atom. The fraction of sp³-hybridized carbons (Fsp3) is 0.480. The van der Waals surface area contributed by atoms with E-state index in [0.717, 1.165) is 44.9 Å². The molecule has 1 fully saturated rings. The van der Waals surface area contributed by atoms with E-state index in [-0.39, 0.29) is 5.91 Å². The number of hydrogen-bond acceptors (Lipinski definition) is 3. The second kappa shape index (κ2) is 9.45. The Morgan fingerprint density at radius 1 is 0.966 bits per heavy atom. The van der Waals surface area contributed by atoms with Gasteiger partial charge in [0.15, 0.2) is 6.10 Å². The van der Waals surface area contributed by atoms with Crippen LogP contribution < -0.4 is 4.74 Å². The Hall–Kier alpha value is -2.33. The first-order chi connectivity index (χ1) is 14.2. The van der Waals surface area contributed by atoms with E-state index >= 15 is 0 Å². The predicted molar refractivity (Wildman–Crippen MR) is 116 cm³/mol. The molecule has 1 aliphatic heterocycles. The summed E-state index contributed by atoms with van der Waals surface area (Å²) in [7, 11) is 0. The molecule has 4 nitrogen and oxygen atoms in total. The van der Waals surface area contributed by atoms with Gasteiger partial charge in [0.2, 0.25) is 0 Å². The van der Waals surface area contributed by atoms with Gasteiger partial charge in [-0.1, -0.05) is 43.3 Å².